The number of hydrogen-bond donors (Lipinski definition) is 0. The van der Waals surface area contributed by atoms with Crippen LogP contribution in [0.5, 0.6) is 0 Å². The topological polar surface area (TPSA) is 75.1 Å². The van der Waals surface area contributed by atoms with E-state index in [2.05, 4.69) is 24.8 Å². The van der Waals surface area contributed by atoms with E-state index in [0.29, 0.717) is 24.6 Å². The maximum Gasteiger partial charge on any atom is 0.257 e. The molecule has 0 aromatic carbocycles. The second-order valence-electron chi connectivity index (χ2n) is 6.33. The highest BCUT2D eigenvalue weighted by molar-refractivity contribution is 5.95. The Balaban J connectivity index is 1.43. The van der Waals surface area contributed by atoms with Gasteiger partial charge in [0.05, 0.1) is 11.3 Å². The Hall–Kier alpha value is -2.57. The average Bonchev–Trinajstić information content (AvgIpc) is 3.47. The van der Waals surface area contributed by atoms with Crippen LogP contribution < -0.4 is 4.90 Å². The third kappa shape index (κ3) is 2.93. The lowest BCUT2D eigenvalue weighted by Crippen LogP contribution is -2.49. The maximum atomic E-state index is 12.8. The minimum Gasteiger partial charge on any atom is -0.337 e. The van der Waals surface area contributed by atoms with Gasteiger partial charge in [0, 0.05) is 50.7 Å². The molecule has 0 bridgehead atoms. The number of aryl methyl sites for hydroxylation is 1. The van der Waals surface area contributed by atoms with Crippen molar-refractivity contribution >= 4 is 11.9 Å². The molecule has 0 N–H and O–H groups in total. The van der Waals surface area contributed by atoms with Crippen LogP contribution in [-0.4, -0.2) is 56.9 Å². The molecule has 1 saturated heterocycles. The first-order chi connectivity index (χ1) is 11.7. The van der Waals surface area contributed by atoms with Gasteiger partial charge in [-0.3, -0.25) is 4.79 Å². The van der Waals surface area contributed by atoms with Crippen LogP contribution in [0.3, 0.4) is 0 Å². The maximum absolute atomic E-state index is 12.8. The lowest BCUT2D eigenvalue weighted by molar-refractivity contribution is 0.0744. The highest BCUT2D eigenvalue weighted by Crippen LogP contribution is 2.38. The summed E-state index contributed by atoms with van der Waals surface area (Å²) >= 11 is 0. The Morgan fingerprint density at radius 1 is 1.08 bits per heavy atom. The Bertz CT molecular complexity index is 738. The molecular weight excluding hydrogens is 304 g/mol. The number of rotatable bonds is 3. The molecule has 1 aliphatic carbocycles. The zero-order valence-electron chi connectivity index (χ0n) is 13.7. The van der Waals surface area contributed by atoms with Crippen LogP contribution >= 0.6 is 0 Å². The van der Waals surface area contributed by atoms with E-state index in [4.69, 9.17) is 0 Å². The van der Waals surface area contributed by atoms with Crippen molar-refractivity contribution in [1.82, 2.24) is 24.8 Å². The number of nitrogens with zero attached hydrogens (tertiary/aromatic N) is 6. The summed E-state index contributed by atoms with van der Waals surface area (Å²) in [6.45, 7) is 4.67. The second-order valence-corrected chi connectivity index (χ2v) is 6.33. The van der Waals surface area contributed by atoms with Gasteiger partial charge in [-0.1, -0.05) is 0 Å². The van der Waals surface area contributed by atoms with Gasteiger partial charge < -0.3 is 9.80 Å². The van der Waals surface area contributed by atoms with Crippen molar-refractivity contribution in [2.45, 2.75) is 25.7 Å². The van der Waals surface area contributed by atoms with E-state index < -0.39 is 0 Å². The molecule has 24 heavy (non-hydrogen) atoms. The minimum atomic E-state index is 0.0171. The molecule has 0 spiro atoms. The van der Waals surface area contributed by atoms with Gasteiger partial charge in [0.2, 0.25) is 5.95 Å². The van der Waals surface area contributed by atoms with E-state index in [1.807, 2.05) is 11.8 Å². The van der Waals surface area contributed by atoms with Crippen LogP contribution in [-0.2, 0) is 0 Å². The number of amides is 1. The summed E-state index contributed by atoms with van der Waals surface area (Å²) in [4.78, 5) is 34.2. The number of anilines is 1. The fraction of sp³-hybridized carbons (Fsp3) is 0.471. The molecule has 124 valence electrons. The third-order valence-corrected chi connectivity index (χ3v) is 4.57. The SMILES string of the molecule is Cc1nc(C2CC2)ncc1C(=O)N1CCN(c2ncccn2)CC1. The van der Waals surface area contributed by atoms with Crippen molar-refractivity contribution in [3.63, 3.8) is 0 Å². The molecule has 0 unspecified atom stereocenters. The summed E-state index contributed by atoms with van der Waals surface area (Å²) in [5, 5.41) is 0. The fourth-order valence-corrected chi connectivity index (χ4v) is 2.97. The first kappa shape index (κ1) is 15.0. The van der Waals surface area contributed by atoms with Crippen LogP contribution in [0.1, 0.15) is 40.6 Å². The number of carbonyl (C=O) groups excluding carboxylic acids is 1. The van der Waals surface area contributed by atoms with E-state index in [1.165, 1.54) is 0 Å². The standard InChI is InChI=1S/C17H20N6O/c1-12-14(11-20-15(21-12)13-3-4-13)16(24)22-7-9-23(10-8-22)17-18-5-2-6-19-17/h2,5-6,11,13H,3-4,7-10H2,1H3. The van der Waals surface area contributed by atoms with E-state index in [1.54, 1.807) is 24.7 Å². The van der Waals surface area contributed by atoms with Gasteiger partial charge in [-0.25, -0.2) is 19.9 Å². The molecule has 2 fully saturated rings. The number of piperazine rings is 1. The quantitative estimate of drug-likeness (QED) is 0.850. The Kier molecular flexibility index (Phi) is 3.84. The van der Waals surface area contributed by atoms with Crippen LogP contribution in [0.4, 0.5) is 5.95 Å². The van der Waals surface area contributed by atoms with Crippen LogP contribution in [0.2, 0.25) is 0 Å². The highest BCUT2D eigenvalue weighted by atomic mass is 16.2. The molecule has 1 amide bonds. The second kappa shape index (κ2) is 6.14. The van der Waals surface area contributed by atoms with Gasteiger partial charge in [0.1, 0.15) is 5.82 Å². The zero-order chi connectivity index (χ0) is 16.5. The first-order valence-corrected chi connectivity index (χ1v) is 8.37. The molecule has 7 heteroatoms. The number of aromatic nitrogens is 4. The smallest absolute Gasteiger partial charge is 0.257 e. The summed E-state index contributed by atoms with van der Waals surface area (Å²) in [6.07, 6.45) is 7.50. The highest BCUT2D eigenvalue weighted by Gasteiger charge is 2.29. The molecule has 2 aliphatic rings. The predicted molar refractivity (Wildman–Crippen MR) is 88.9 cm³/mol. The Labute approximate surface area is 140 Å². The van der Waals surface area contributed by atoms with Crippen molar-refractivity contribution in [3.05, 3.63) is 41.7 Å². The molecule has 1 saturated carbocycles. The number of carbonyl (C=O) groups is 1. The third-order valence-electron chi connectivity index (χ3n) is 4.57. The number of hydrogen-bond acceptors (Lipinski definition) is 6. The molecule has 4 rings (SSSR count). The minimum absolute atomic E-state index is 0.0171. The monoisotopic (exact) mass is 324 g/mol. The molecule has 3 heterocycles. The molecule has 7 nitrogen and oxygen atoms in total. The summed E-state index contributed by atoms with van der Waals surface area (Å²) in [5.41, 5.74) is 1.40. The van der Waals surface area contributed by atoms with Gasteiger partial charge in [-0.2, -0.15) is 0 Å². The molecule has 0 atom stereocenters. The van der Waals surface area contributed by atoms with E-state index >= 15 is 0 Å². The lowest BCUT2D eigenvalue weighted by Gasteiger charge is -2.34. The van der Waals surface area contributed by atoms with Gasteiger partial charge in [0.25, 0.3) is 5.91 Å². The van der Waals surface area contributed by atoms with Crippen molar-refractivity contribution in [2.24, 2.45) is 0 Å². The van der Waals surface area contributed by atoms with Crippen LogP contribution in [0, 0.1) is 6.92 Å². The van der Waals surface area contributed by atoms with E-state index in [-0.39, 0.29) is 5.91 Å². The summed E-state index contributed by atoms with van der Waals surface area (Å²) in [6, 6.07) is 1.80. The largest absolute Gasteiger partial charge is 0.337 e. The van der Waals surface area contributed by atoms with Gasteiger partial charge in [-0.05, 0) is 25.8 Å². The molecule has 2 aromatic heterocycles. The molecule has 1 aliphatic heterocycles. The normalized spacial score (nSPS) is 17.9. The van der Waals surface area contributed by atoms with Crippen molar-refractivity contribution in [1.29, 1.82) is 0 Å². The lowest BCUT2D eigenvalue weighted by atomic mass is 10.2. The molecular formula is C17H20N6O. The molecule has 2 aromatic rings. The Morgan fingerprint density at radius 2 is 1.79 bits per heavy atom. The summed E-state index contributed by atoms with van der Waals surface area (Å²) in [7, 11) is 0. The van der Waals surface area contributed by atoms with Gasteiger partial charge in [0.15, 0.2) is 0 Å². The van der Waals surface area contributed by atoms with Crippen LogP contribution in [0.15, 0.2) is 24.7 Å². The van der Waals surface area contributed by atoms with Crippen molar-refractivity contribution < 1.29 is 4.79 Å². The summed E-state index contributed by atoms with van der Waals surface area (Å²) < 4.78 is 0. The predicted octanol–water partition coefficient (Wildman–Crippen LogP) is 1.41. The fourth-order valence-electron chi connectivity index (χ4n) is 2.97. The van der Waals surface area contributed by atoms with Crippen molar-refractivity contribution in [2.75, 3.05) is 31.1 Å². The van der Waals surface area contributed by atoms with Gasteiger partial charge >= 0.3 is 0 Å². The summed E-state index contributed by atoms with van der Waals surface area (Å²) in [5.74, 6) is 2.12. The first-order valence-electron chi connectivity index (χ1n) is 8.37. The molecule has 0 radical (unpaired) electrons. The zero-order valence-corrected chi connectivity index (χ0v) is 13.7. The Morgan fingerprint density at radius 3 is 2.42 bits per heavy atom. The van der Waals surface area contributed by atoms with Crippen molar-refractivity contribution in [3.8, 4) is 0 Å². The van der Waals surface area contributed by atoms with Gasteiger partial charge in [-0.15, -0.1) is 0 Å². The average molecular weight is 324 g/mol. The van der Waals surface area contributed by atoms with E-state index in [0.717, 1.165) is 43.4 Å². The van der Waals surface area contributed by atoms with Crippen LogP contribution in [0.25, 0.3) is 0 Å². The van der Waals surface area contributed by atoms with E-state index in [9.17, 15) is 4.79 Å².